The number of anilines is 2. The molecule has 0 radical (unpaired) electrons. The minimum Gasteiger partial charge on any atom is -0.399 e. The lowest BCUT2D eigenvalue weighted by Crippen LogP contribution is -2.12. The summed E-state index contributed by atoms with van der Waals surface area (Å²) in [5.74, 6) is 2.08. The molecule has 1 aromatic carbocycles. The Morgan fingerprint density at radius 2 is 2.24 bits per heavy atom. The molecule has 0 aliphatic carbocycles. The van der Waals surface area contributed by atoms with Gasteiger partial charge in [0.1, 0.15) is 0 Å². The number of rotatable bonds is 7. The smallest absolute Gasteiger partial charge is 0.225 e. The summed E-state index contributed by atoms with van der Waals surface area (Å²) < 4.78 is 0. The molecule has 3 nitrogen and oxygen atoms in total. The van der Waals surface area contributed by atoms with Crippen LogP contribution < -0.4 is 11.1 Å². The van der Waals surface area contributed by atoms with Crippen LogP contribution in [-0.4, -0.2) is 17.4 Å². The van der Waals surface area contributed by atoms with Crippen LogP contribution in [0.25, 0.3) is 0 Å². The molecule has 0 aromatic heterocycles. The summed E-state index contributed by atoms with van der Waals surface area (Å²) in [6.07, 6.45) is 2.99. The Morgan fingerprint density at radius 1 is 1.41 bits per heavy atom. The van der Waals surface area contributed by atoms with E-state index in [1.807, 2.05) is 23.9 Å². The van der Waals surface area contributed by atoms with Crippen molar-refractivity contribution in [2.24, 2.45) is 0 Å². The van der Waals surface area contributed by atoms with Gasteiger partial charge >= 0.3 is 0 Å². The molecule has 0 heterocycles. The molecule has 0 aliphatic rings. The first kappa shape index (κ1) is 13.9. The Bertz CT molecular complexity index is 355. The van der Waals surface area contributed by atoms with Gasteiger partial charge in [0.05, 0.1) is 0 Å². The lowest BCUT2D eigenvalue weighted by molar-refractivity contribution is -0.115. The summed E-state index contributed by atoms with van der Waals surface area (Å²) in [7, 11) is 0. The molecule has 1 amide bonds. The number of amides is 1. The summed E-state index contributed by atoms with van der Waals surface area (Å²) in [5.41, 5.74) is 7.07. The number of carbonyl (C=O) groups excluding carboxylic acids is 1. The molecule has 0 unspecified atom stereocenters. The van der Waals surface area contributed by atoms with Gasteiger partial charge in [-0.1, -0.05) is 19.4 Å². The maximum Gasteiger partial charge on any atom is 0.225 e. The third-order valence-corrected chi connectivity index (χ3v) is 3.36. The van der Waals surface area contributed by atoms with E-state index in [0.717, 1.165) is 17.2 Å². The van der Waals surface area contributed by atoms with E-state index in [2.05, 4.69) is 12.2 Å². The van der Waals surface area contributed by atoms with Crippen LogP contribution in [0.1, 0.15) is 26.2 Å². The maximum atomic E-state index is 11.6. The van der Waals surface area contributed by atoms with Crippen molar-refractivity contribution >= 4 is 29.0 Å². The molecule has 4 heteroatoms. The van der Waals surface area contributed by atoms with Crippen LogP contribution in [0.3, 0.4) is 0 Å². The van der Waals surface area contributed by atoms with Crippen molar-refractivity contribution in [1.82, 2.24) is 0 Å². The molecule has 0 saturated carbocycles. The van der Waals surface area contributed by atoms with Gasteiger partial charge in [-0.05, 0) is 30.4 Å². The summed E-state index contributed by atoms with van der Waals surface area (Å²) in [5, 5.41) is 2.84. The van der Waals surface area contributed by atoms with E-state index < -0.39 is 0 Å². The van der Waals surface area contributed by atoms with Gasteiger partial charge < -0.3 is 11.1 Å². The molecule has 0 spiro atoms. The van der Waals surface area contributed by atoms with Gasteiger partial charge in [0, 0.05) is 23.5 Å². The zero-order chi connectivity index (χ0) is 12.5. The Morgan fingerprint density at radius 3 is 2.94 bits per heavy atom. The molecule has 0 fully saturated rings. The second-order valence-corrected chi connectivity index (χ2v) is 5.11. The van der Waals surface area contributed by atoms with Gasteiger partial charge in [0.2, 0.25) is 5.91 Å². The van der Waals surface area contributed by atoms with E-state index in [1.54, 1.807) is 12.1 Å². The standard InChI is InChI=1S/C13H20N2OS/c1-2-3-8-17-9-7-13(16)15-12-6-4-5-11(14)10-12/h4-6,10H,2-3,7-9,14H2,1H3,(H,15,16). The van der Waals surface area contributed by atoms with E-state index in [1.165, 1.54) is 12.8 Å². The van der Waals surface area contributed by atoms with Gasteiger partial charge in [0.15, 0.2) is 0 Å². The monoisotopic (exact) mass is 252 g/mol. The molecule has 94 valence electrons. The van der Waals surface area contributed by atoms with Crippen LogP contribution in [0.4, 0.5) is 11.4 Å². The van der Waals surface area contributed by atoms with Crippen LogP contribution >= 0.6 is 11.8 Å². The van der Waals surface area contributed by atoms with E-state index in [0.29, 0.717) is 12.1 Å². The third kappa shape index (κ3) is 6.22. The first-order chi connectivity index (χ1) is 8.22. The predicted octanol–water partition coefficient (Wildman–Crippen LogP) is 3.13. The largest absolute Gasteiger partial charge is 0.399 e. The molecule has 0 bridgehead atoms. The van der Waals surface area contributed by atoms with Crippen LogP contribution in [0, 0.1) is 0 Å². The Labute approximate surface area is 107 Å². The van der Waals surface area contributed by atoms with Crippen molar-refractivity contribution in [2.75, 3.05) is 22.6 Å². The fourth-order valence-corrected chi connectivity index (χ4v) is 2.38. The molecule has 1 rings (SSSR count). The van der Waals surface area contributed by atoms with Gasteiger partial charge in [-0.15, -0.1) is 0 Å². The Hall–Kier alpha value is -1.16. The van der Waals surface area contributed by atoms with Gasteiger partial charge in [-0.3, -0.25) is 4.79 Å². The van der Waals surface area contributed by atoms with Crippen molar-refractivity contribution in [3.8, 4) is 0 Å². The first-order valence-corrected chi connectivity index (χ1v) is 7.11. The Kier molecular flexibility index (Phi) is 6.55. The van der Waals surface area contributed by atoms with Crippen LogP contribution in [0.5, 0.6) is 0 Å². The minimum absolute atomic E-state index is 0.0552. The first-order valence-electron chi connectivity index (χ1n) is 5.95. The highest BCUT2D eigenvalue weighted by molar-refractivity contribution is 7.99. The Balaban J connectivity index is 2.21. The zero-order valence-electron chi connectivity index (χ0n) is 10.2. The maximum absolute atomic E-state index is 11.6. The highest BCUT2D eigenvalue weighted by atomic mass is 32.2. The van der Waals surface area contributed by atoms with Gasteiger partial charge in [-0.2, -0.15) is 11.8 Å². The van der Waals surface area contributed by atoms with Crippen molar-refractivity contribution in [1.29, 1.82) is 0 Å². The van der Waals surface area contributed by atoms with E-state index in [4.69, 9.17) is 5.73 Å². The quantitative estimate of drug-likeness (QED) is 0.579. The molecular weight excluding hydrogens is 232 g/mol. The van der Waals surface area contributed by atoms with Crippen molar-refractivity contribution < 1.29 is 4.79 Å². The second-order valence-electron chi connectivity index (χ2n) is 3.89. The highest BCUT2D eigenvalue weighted by Gasteiger charge is 2.02. The average Bonchev–Trinajstić information content (AvgIpc) is 2.29. The number of benzene rings is 1. The topological polar surface area (TPSA) is 55.1 Å². The van der Waals surface area contributed by atoms with Gasteiger partial charge in [-0.25, -0.2) is 0 Å². The van der Waals surface area contributed by atoms with Crippen molar-refractivity contribution in [3.63, 3.8) is 0 Å². The molecular formula is C13H20N2OS. The van der Waals surface area contributed by atoms with Crippen molar-refractivity contribution in [3.05, 3.63) is 24.3 Å². The zero-order valence-corrected chi connectivity index (χ0v) is 11.1. The number of carbonyl (C=O) groups is 1. The average molecular weight is 252 g/mol. The SMILES string of the molecule is CCCCSCCC(=O)Nc1cccc(N)c1. The number of nitrogens with two attached hydrogens (primary N) is 1. The van der Waals surface area contributed by atoms with Crippen LogP contribution in [0.15, 0.2) is 24.3 Å². The number of nitrogens with one attached hydrogen (secondary N) is 1. The number of hydrogen-bond donors (Lipinski definition) is 2. The van der Waals surface area contributed by atoms with E-state index in [-0.39, 0.29) is 5.91 Å². The number of hydrogen-bond acceptors (Lipinski definition) is 3. The fraction of sp³-hybridized carbons (Fsp3) is 0.462. The molecule has 0 atom stereocenters. The predicted molar refractivity (Wildman–Crippen MR) is 76.3 cm³/mol. The number of unbranched alkanes of at least 4 members (excludes halogenated alkanes) is 1. The van der Waals surface area contributed by atoms with E-state index in [9.17, 15) is 4.79 Å². The molecule has 17 heavy (non-hydrogen) atoms. The summed E-state index contributed by atoms with van der Waals surface area (Å²) in [4.78, 5) is 11.6. The molecule has 0 aliphatic heterocycles. The lowest BCUT2D eigenvalue weighted by atomic mass is 10.3. The lowest BCUT2D eigenvalue weighted by Gasteiger charge is -2.05. The summed E-state index contributed by atoms with van der Waals surface area (Å²) in [6.45, 7) is 2.17. The molecule has 3 N–H and O–H groups in total. The third-order valence-electron chi connectivity index (χ3n) is 2.29. The van der Waals surface area contributed by atoms with Crippen LogP contribution in [0.2, 0.25) is 0 Å². The minimum atomic E-state index is 0.0552. The van der Waals surface area contributed by atoms with Crippen molar-refractivity contribution in [2.45, 2.75) is 26.2 Å². The second kappa shape index (κ2) is 8.01. The number of nitrogen functional groups attached to an aromatic ring is 1. The highest BCUT2D eigenvalue weighted by Crippen LogP contribution is 2.13. The molecule has 0 saturated heterocycles. The summed E-state index contributed by atoms with van der Waals surface area (Å²) >= 11 is 1.83. The normalized spacial score (nSPS) is 10.2. The number of thioether (sulfide) groups is 1. The van der Waals surface area contributed by atoms with Crippen LogP contribution in [-0.2, 0) is 4.79 Å². The summed E-state index contributed by atoms with van der Waals surface area (Å²) in [6, 6.07) is 7.25. The fourth-order valence-electron chi connectivity index (χ4n) is 1.35. The van der Waals surface area contributed by atoms with E-state index >= 15 is 0 Å². The van der Waals surface area contributed by atoms with Gasteiger partial charge in [0.25, 0.3) is 0 Å². The molecule has 1 aromatic rings.